The Morgan fingerprint density at radius 1 is 1.23 bits per heavy atom. The third-order valence-electron chi connectivity index (χ3n) is 6.03. The van der Waals surface area contributed by atoms with Crippen LogP contribution in [0, 0.1) is 18.3 Å². The lowest BCUT2D eigenvalue weighted by atomic mass is 10.0. The minimum atomic E-state index is -0.828. The van der Waals surface area contributed by atoms with Gasteiger partial charge in [-0.15, -0.1) is 0 Å². The zero-order valence-corrected chi connectivity index (χ0v) is 21.7. The first-order chi connectivity index (χ1) is 16.8. The lowest BCUT2D eigenvalue weighted by molar-refractivity contribution is -0.137. The number of hydrogen-bond donors (Lipinski definition) is 1. The Labute approximate surface area is 214 Å². The molecule has 0 saturated carbocycles. The van der Waals surface area contributed by atoms with Gasteiger partial charge in [0, 0.05) is 38.2 Å². The number of thioether (sulfide) groups is 1. The van der Waals surface area contributed by atoms with E-state index in [2.05, 4.69) is 11.0 Å². The Balaban J connectivity index is 1.98. The monoisotopic (exact) mass is 518 g/mol. The highest BCUT2D eigenvalue weighted by molar-refractivity contribution is 8.26. The molecule has 188 valence electrons. The summed E-state index contributed by atoms with van der Waals surface area (Å²) in [6.45, 7) is 6.87. The molecule has 0 unspecified atom stereocenters. The van der Waals surface area contributed by atoms with Gasteiger partial charge in [-0.3, -0.25) is 23.9 Å². The number of thiocarbonyl (C=S) groups is 1. The number of nitrogens with zero attached hydrogens (tertiary/aromatic N) is 4. The number of carbonyl (C=O) groups excluding carboxylic acids is 1. The predicted molar refractivity (Wildman–Crippen MR) is 139 cm³/mol. The van der Waals surface area contributed by atoms with Crippen LogP contribution in [0.15, 0.2) is 9.70 Å². The normalized spacial score (nSPS) is 17.3. The van der Waals surface area contributed by atoms with Crippen LogP contribution in [0.3, 0.4) is 0 Å². The van der Waals surface area contributed by atoms with Crippen LogP contribution in [0.4, 0.5) is 5.82 Å². The Bertz CT molecular complexity index is 1130. The lowest BCUT2D eigenvalue weighted by Crippen LogP contribution is -2.41. The van der Waals surface area contributed by atoms with E-state index in [1.54, 1.807) is 22.5 Å². The zero-order chi connectivity index (χ0) is 25.5. The first-order valence-electron chi connectivity index (χ1n) is 11.8. The number of carboxylic acids is 1. The summed E-state index contributed by atoms with van der Waals surface area (Å²) in [7, 11) is 0. The molecule has 9 nitrogen and oxygen atoms in total. The van der Waals surface area contributed by atoms with Gasteiger partial charge in [-0.25, -0.2) is 0 Å². The summed E-state index contributed by atoms with van der Waals surface area (Å²) >= 11 is 6.66. The van der Waals surface area contributed by atoms with E-state index >= 15 is 0 Å². The van der Waals surface area contributed by atoms with Gasteiger partial charge in [0.2, 0.25) is 0 Å². The van der Waals surface area contributed by atoms with Gasteiger partial charge >= 0.3 is 5.97 Å². The largest absolute Gasteiger partial charge is 0.481 e. The molecule has 0 radical (unpaired) electrons. The van der Waals surface area contributed by atoms with Crippen LogP contribution in [-0.2, 0) is 20.9 Å². The fourth-order valence-corrected chi connectivity index (χ4v) is 5.53. The summed E-state index contributed by atoms with van der Waals surface area (Å²) in [5.74, 6) is -0.334. The van der Waals surface area contributed by atoms with Gasteiger partial charge in [-0.1, -0.05) is 37.3 Å². The fourth-order valence-electron chi connectivity index (χ4n) is 4.24. The molecule has 0 atom stereocenters. The summed E-state index contributed by atoms with van der Waals surface area (Å²) in [6, 6.07) is 2.06. The van der Waals surface area contributed by atoms with Crippen molar-refractivity contribution in [2.45, 2.75) is 52.5 Å². The van der Waals surface area contributed by atoms with Crippen LogP contribution in [-0.4, -0.2) is 63.6 Å². The molecular formula is C24H30N4O5S2. The van der Waals surface area contributed by atoms with Crippen LogP contribution in [0.25, 0.3) is 6.08 Å². The number of unbranched alkanes of at least 4 members (excludes halogenated alkanes) is 2. The van der Waals surface area contributed by atoms with Crippen LogP contribution < -0.4 is 10.5 Å². The van der Waals surface area contributed by atoms with E-state index in [0.717, 1.165) is 0 Å². The molecule has 1 aromatic heterocycles. The van der Waals surface area contributed by atoms with Gasteiger partial charge in [-0.2, -0.15) is 5.26 Å². The molecule has 0 bridgehead atoms. The van der Waals surface area contributed by atoms with Crippen LogP contribution in [0.5, 0.6) is 0 Å². The van der Waals surface area contributed by atoms with Crippen molar-refractivity contribution in [2.75, 3.05) is 37.7 Å². The number of aliphatic carboxylic acids is 1. The van der Waals surface area contributed by atoms with E-state index in [1.807, 2.05) is 6.92 Å². The van der Waals surface area contributed by atoms with Gasteiger partial charge in [0.25, 0.3) is 11.5 Å². The van der Waals surface area contributed by atoms with Gasteiger partial charge in [0.05, 0.1) is 18.1 Å². The summed E-state index contributed by atoms with van der Waals surface area (Å²) in [4.78, 5) is 41.2. The Morgan fingerprint density at radius 3 is 2.57 bits per heavy atom. The van der Waals surface area contributed by atoms with E-state index < -0.39 is 5.97 Å². The first kappa shape index (κ1) is 26.9. The van der Waals surface area contributed by atoms with Crippen molar-refractivity contribution < 1.29 is 19.4 Å². The zero-order valence-electron chi connectivity index (χ0n) is 20.0. The van der Waals surface area contributed by atoms with Crippen molar-refractivity contribution in [2.24, 2.45) is 0 Å². The smallest absolute Gasteiger partial charge is 0.303 e. The molecule has 1 aromatic rings. The Hall–Kier alpha value is -2.68. The Morgan fingerprint density at radius 2 is 1.94 bits per heavy atom. The summed E-state index contributed by atoms with van der Waals surface area (Å²) in [6.07, 6.45) is 4.49. The van der Waals surface area contributed by atoms with Crippen LogP contribution in [0.1, 0.15) is 55.7 Å². The van der Waals surface area contributed by atoms with E-state index in [4.69, 9.17) is 22.1 Å². The molecule has 11 heteroatoms. The number of ether oxygens (including phenoxy) is 1. The number of aromatic nitrogens is 1. The molecule has 0 spiro atoms. The third-order valence-corrected chi connectivity index (χ3v) is 7.40. The fraction of sp³-hybridized carbons (Fsp3) is 0.542. The number of anilines is 1. The number of nitriles is 1. The average Bonchev–Trinajstić information content (AvgIpc) is 3.10. The van der Waals surface area contributed by atoms with Crippen molar-refractivity contribution in [3.63, 3.8) is 0 Å². The van der Waals surface area contributed by atoms with Gasteiger partial charge in [-0.05, 0) is 37.8 Å². The SMILES string of the molecule is CCCn1c(N2CCOCC2)c(C=C2SC(=S)N(CCCCCC(=O)O)C2=O)c(C)c(C#N)c1=O. The van der Waals surface area contributed by atoms with Crippen molar-refractivity contribution in [1.82, 2.24) is 9.47 Å². The second-order valence-electron chi connectivity index (χ2n) is 8.44. The summed E-state index contributed by atoms with van der Waals surface area (Å²) in [5, 5.41) is 18.5. The second kappa shape index (κ2) is 12.3. The maximum absolute atomic E-state index is 13.2. The molecule has 2 aliphatic rings. The number of amides is 1. The maximum Gasteiger partial charge on any atom is 0.303 e. The molecule has 0 aliphatic carbocycles. The molecule has 2 aliphatic heterocycles. The van der Waals surface area contributed by atoms with Gasteiger partial charge in [0.15, 0.2) is 0 Å². The molecule has 3 heterocycles. The molecule has 0 aromatic carbocycles. The van der Waals surface area contributed by atoms with Crippen molar-refractivity contribution in [3.8, 4) is 6.07 Å². The average molecular weight is 519 g/mol. The number of hydrogen-bond acceptors (Lipinski definition) is 8. The highest BCUT2D eigenvalue weighted by Gasteiger charge is 2.33. The Kier molecular flexibility index (Phi) is 9.48. The number of rotatable bonds is 10. The highest BCUT2D eigenvalue weighted by Crippen LogP contribution is 2.36. The number of pyridine rings is 1. The van der Waals surface area contributed by atoms with Crippen LogP contribution >= 0.6 is 24.0 Å². The van der Waals surface area contributed by atoms with E-state index in [-0.39, 0.29) is 23.5 Å². The lowest BCUT2D eigenvalue weighted by Gasteiger charge is -2.33. The minimum absolute atomic E-state index is 0.0793. The molecule has 2 fully saturated rings. The van der Waals surface area contributed by atoms with E-state index in [1.165, 1.54) is 11.8 Å². The third kappa shape index (κ3) is 6.12. The second-order valence-corrected chi connectivity index (χ2v) is 10.1. The number of morpholine rings is 1. The highest BCUT2D eigenvalue weighted by atomic mass is 32.2. The number of carbonyl (C=O) groups is 2. The maximum atomic E-state index is 13.2. The van der Waals surface area contributed by atoms with Crippen molar-refractivity contribution >= 4 is 52.1 Å². The van der Waals surface area contributed by atoms with Crippen LogP contribution in [0.2, 0.25) is 0 Å². The molecule has 3 rings (SSSR count). The van der Waals surface area contributed by atoms with E-state index in [9.17, 15) is 19.6 Å². The number of carboxylic acid groups (broad SMARTS) is 1. The first-order valence-corrected chi connectivity index (χ1v) is 13.0. The topological polar surface area (TPSA) is 116 Å². The quantitative estimate of drug-likeness (QED) is 0.283. The van der Waals surface area contributed by atoms with E-state index in [0.29, 0.717) is 91.2 Å². The van der Waals surface area contributed by atoms with Crippen molar-refractivity contribution in [1.29, 1.82) is 5.26 Å². The predicted octanol–water partition coefficient (Wildman–Crippen LogP) is 3.12. The summed E-state index contributed by atoms with van der Waals surface area (Å²) in [5.41, 5.74) is 0.985. The molecule has 1 N–H and O–H groups in total. The molecule has 2 saturated heterocycles. The molecule has 35 heavy (non-hydrogen) atoms. The van der Waals surface area contributed by atoms with Crippen molar-refractivity contribution in [3.05, 3.63) is 31.9 Å². The molecular weight excluding hydrogens is 488 g/mol. The summed E-state index contributed by atoms with van der Waals surface area (Å²) < 4.78 is 7.60. The standard InChI is InChI=1S/C24H30N4O5S2/c1-3-8-27-21(26-10-12-33-13-11-26)17(16(2)18(15-25)22(27)31)14-19-23(32)28(24(34)35-19)9-6-4-5-7-20(29)30/h14H,3-13H2,1-2H3,(H,29,30). The van der Waals surface area contributed by atoms with Gasteiger partial charge < -0.3 is 14.7 Å². The van der Waals surface area contributed by atoms with Gasteiger partial charge in [0.1, 0.15) is 21.8 Å². The minimum Gasteiger partial charge on any atom is -0.481 e. The molecule has 1 amide bonds.